The standard InChI is InChI=1S/C14H23NO4/c1-2-19-12(17)13-6-4-10(16)14(18)5-3-8-15(9-7-13)11(13)14/h10-11,16,18H,2-9H2,1H3/t10-,11-,13-,14-/m0/s1. The van der Waals surface area contributed by atoms with Gasteiger partial charge in [0.05, 0.1) is 24.2 Å². The average Bonchev–Trinajstić information content (AvgIpc) is 2.77. The summed E-state index contributed by atoms with van der Waals surface area (Å²) in [5.41, 5.74) is -1.75. The quantitative estimate of drug-likeness (QED) is 0.705. The van der Waals surface area contributed by atoms with Gasteiger partial charge in [0.1, 0.15) is 5.60 Å². The molecule has 0 aromatic rings. The highest BCUT2D eigenvalue weighted by molar-refractivity contribution is 5.79. The van der Waals surface area contributed by atoms with Crippen LogP contribution < -0.4 is 0 Å². The van der Waals surface area contributed by atoms with Crippen LogP contribution >= 0.6 is 0 Å². The summed E-state index contributed by atoms with van der Waals surface area (Å²) in [6, 6.07) is -0.267. The highest BCUT2D eigenvalue weighted by Gasteiger charge is 2.66. The van der Waals surface area contributed by atoms with E-state index in [2.05, 4.69) is 4.90 Å². The number of nitrogens with zero attached hydrogens (tertiary/aromatic N) is 1. The molecular formula is C14H23NO4. The van der Waals surface area contributed by atoms with Gasteiger partial charge in [-0.1, -0.05) is 0 Å². The van der Waals surface area contributed by atoms with E-state index in [0.717, 1.165) is 25.9 Å². The van der Waals surface area contributed by atoms with Crippen LogP contribution in [0.5, 0.6) is 0 Å². The SMILES string of the molecule is CCOC(=O)[C@@]12CC[C@H](O)[C@@]3(O)CCCN(CC1)[C@@H]23. The van der Waals surface area contributed by atoms with Crippen molar-refractivity contribution in [2.24, 2.45) is 5.41 Å². The number of carbonyl (C=O) groups excluding carboxylic acids is 1. The van der Waals surface area contributed by atoms with Crippen LogP contribution in [0.25, 0.3) is 0 Å². The van der Waals surface area contributed by atoms with Crippen molar-refractivity contribution in [2.75, 3.05) is 19.7 Å². The molecule has 108 valence electrons. The molecule has 2 N–H and O–H groups in total. The van der Waals surface area contributed by atoms with Crippen LogP contribution in [0.2, 0.25) is 0 Å². The molecule has 3 aliphatic rings. The zero-order valence-corrected chi connectivity index (χ0v) is 11.5. The maximum atomic E-state index is 12.4. The van der Waals surface area contributed by atoms with E-state index in [-0.39, 0.29) is 12.0 Å². The molecule has 2 heterocycles. The number of ether oxygens (including phenoxy) is 1. The van der Waals surface area contributed by atoms with Crippen molar-refractivity contribution < 1.29 is 19.7 Å². The van der Waals surface area contributed by atoms with Crippen molar-refractivity contribution in [1.82, 2.24) is 4.90 Å². The number of piperidine rings is 1. The third kappa shape index (κ3) is 1.68. The molecule has 0 spiro atoms. The smallest absolute Gasteiger partial charge is 0.313 e. The van der Waals surface area contributed by atoms with Crippen molar-refractivity contribution in [2.45, 2.75) is 56.8 Å². The van der Waals surface area contributed by atoms with Gasteiger partial charge in [-0.05, 0) is 52.1 Å². The molecular weight excluding hydrogens is 246 g/mol. The number of carbonyl (C=O) groups is 1. The van der Waals surface area contributed by atoms with Crippen LogP contribution in [0.15, 0.2) is 0 Å². The number of hydrogen-bond donors (Lipinski definition) is 2. The predicted molar refractivity (Wildman–Crippen MR) is 68.5 cm³/mol. The molecule has 3 rings (SSSR count). The van der Waals surface area contributed by atoms with Gasteiger partial charge in [0.2, 0.25) is 0 Å². The largest absolute Gasteiger partial charge is 0.466 e. The van der Waals surface area contributed by atoms with Crippen LogP contribution in [0, 0.1) is 5.41 Å². The lowest BCUT2D eigenvalue weighted by Crippen LogP contribution is -2.69. The Kier molecular flexibility index (Phi) is 3.11. The molecule has 0 aromatic carbocycles. The van der Waals surface area contributed by atoms with Crippen molar-refractivity contribution in [3.8, 4) is 0 Å². The summed E-state index contributed by atoms with van der Waals surface area (Å²) in [6.07, 6.45) is 2.59. The molecule has 1 saturated carbocycles. The van der Waals surface area contributed by atoms with Gasteiger partial charge in [-0.25, -0.2) is 0 Å². The van der Waals surface area contributed by atoms with E-state index in [1.54, 1.807) is 0 Å². The lowest BCUT2D eigenvalue weighted by molar-refractivity contribution is -0.204. The van der Waals surface area contributed by atoms with E-state index in [4.69, 9.17) is 4.74 Å². The maximum Gasteiger partial charge on any atom is 0.313 e. The number of hydrogen-bond acceptors (Lipinski definition) is 5. The fraction of sp³-hybridized carbons (Fsp3) is 0.929. The normalized spacial score (nSPS) is 45.8. The topological polar surface area (TPSA) is 70.0 Å². The second-order valence-electron chi connectivity index (χ2n) is 6.21. The molecule has 3 fully saturated rings. The molecule has 0 amide bonds. The summed E-state index contributed by atoms with van der Waals surface area (Å²) in [5.74, 6) is -0.185. The lowest BCUT2D eigenvalue weighted by atomic mass is 9.60. The molecule has 2 aliphatic heterocycles. The van der Waals surface area contributed by atoms with Gasteiger partial charge in [0.15, 0.2) is 0 Å². The first-order valence-electron chi connectivity index (χ1n) is 7.36. The van der Waals surface area contributed by atoms with Crippen LogP contribution in [0.4, 0.5) is 0 Å². The predicted octanol–water partition coefficient (Wildman–Crippen LogP) is 0.290. The number of esters is 1. The first-order chi connectivity index (χ1) is 9.04. The Morgan fingerprint density at radius 2 is 2.16 bits per heavy atom. The Morgan fingerprint density at radius 1 is 1.37 bits per heavy atom. The van der Waals surface area contributed by atoms with Gasteiger partial charge in [-0.2, -0.15) is 0 Å². The van der Waals surface area contributed by atoms with E-state index in [9.17, 15) is 15.0 Å². The molecule has 19 heavy (non-hydrogen) atoms. The minimum absolute atomic E-state index is 0.185. The van der Waals surface area contributed by atoms with Gasteiger partial charge in [0.25, 0.3) is 0 Å². The summed E-state index contributed by atoms with van der Waals surface area (Å²) < 4.78 is 5.27. The van der Waals surface area contributed by atoms with Crippen molar-refractivity contribution >= 4 is 5.97 Å². The Hall–Kier alpha value is -0.650. The Labute approximate surface area is 113 Å². The van der Waals surface area contributed by atoms with Crippen LogP contribution in [-0.2, 0) is 9.53 Å². The highest BCUT2D eigenvalue weighted by atomic mass is 16.5. The molecule has 4 atom stereocenters. The Bertz CT molecular complexity index is 388. The lowest BCUT2D eigenvalue weighted by Gasteiger charge is -2.54. The first kappa shape index (κ1) is 13.3. The molecule has 0 bridgehead atoms. The Morgan fingerprint density at radius 3 is 2.89 bits per heavy atom. The van der Waals surface area contributed by atoms with Crippen LogP contribution in [0.1, 0.15) is 39.0 Å². The fourth-order valence-electron chi connectivity index (χ4n) is 4.54. The average molecular weight is 269 g/mol. The molecule has 0 unspecified atom stereocenters. The summed E-state index contributed by atoms with van der Waals surface area (Å²) >= 11 is 0. The van der Waals surface area contributed by atoms with E-state index < -0.39 is 17.1 Å². The third-order valence-electron chi connectivity index (χ3n) is 5.35. The molecule has 2 saturated heterocycles. The van der Waals surface area contributed by atoms with E-state index >= 15 is 0 Å². The number of rotatable bonds is 2. The second kappa shape index (κ2) is 4.43. The van der Waals surface area contributed by atoms with Gasteiger partial charge in [-0.3, -0.25) is 9.69 Å². The van der Waals surface area contributed by atoms with Crippen molar-refractivity contribution in [3.05, 3.63) is 0 Å². The number of aliphatic hydroxyl groups is 2. The summed E-state index contributed by atoms with van der Waals surface area (Å²) in [4.78, 5) is 14.6. The monoisotopic (exact) mass is 269 g/mol. The van der Waals surface area contributed by atoms with Gasteiger partial charge < -0.3 is 14.9 Å². The fourth-order valence-corrected chi connectivity index (χ4v) is 4.54. The zero-order valence-electron chi connectivity index (χ0n) is 11.5. The number of aliphatic hydroxyl groups excluding tert-OH is 1. The first-order valence-corrected chi connectivity index (χ1v) is 7.36. The van der Waals surface area contributed by atoms with Crippen molar-refractivity contribution in [3.63, 3.8) is 0 Å². The van der Waals surface area contributed by atoms with Crippen LogP contribution in [-0.4, -0.2) is 58.5 Å². The van der Waals surface area contributed by atoms with E-state index in [0.29, 0.717) is 25.9 Å². The van der Waals surface area contributed by atoms with Gasteiger partial charge in [-0.15, -0.1) is 0 Å². The van der Waals surface area contributed by atoms with E-state index in [1.807, 2.05) is 6.92 Å². The molecule has 1 aliphatic carbocycles. The molecule has 0 radical (unpaired) electrons. The summed E-state index contributed by atoms with van der Waals surface area (Å²) in [7, 11) is 0. The Balaban J connectivity index is 1.99. The van der Waals surface area contributed by atoms with Gasteiger partial charge in [0, 0.05) is 0 Å². The van der Waals surface area contributed by atoms with Crippen molar-refractivity contribution in [1.29, 1.82) is 0 Å². The van der Waals surface area contributed by atoms with Crippen LogP contribution in [0.3, 0.4) is 0 Å². The molecule has 0 aromatic heterocycles. The third-order valence-corrected chi connectivity index (χ3v) is 5.35. The van der Waals surface area contributed by atoms with Gasteiger partial charge >= 0.3 is 5.97 Å². The minimum atomic E-state index is -1.14. The second-order valence-corrected chi connectivity index (χ2v) is 6.21. The zero-order chi connectivity index (χ0) is 13.7. The summed E-state index contributed by atoms with van der Waals surface area (Å²) in [6.45, 7) is 3.90. The summed E-state index contributed by atoms with van der Waals surface area (Å²) in [5, 5.41) is 21.1. The highest BCUT2D eigenvalue weighted by Crippen LogP contribution is 2.54. The van der Waals surface area contributed by atoms with E-state index in [1.165, 1.54) is 0 Å². The molecule has 5 heteroatoms. The maximum absolute atomic E-state index is 12.4. The minimum Gasteiger partial charge on any atom is -0.466 e. The molecule has 5 nitrogen and oxygen atoms in total.